The molecule has 0 saturated heterocycles. The number of anilines is 1. The molecule has 0 aliphatic heterocycles. The molecule has 17 heavy (non-hydrogen) atoms. The van der Waals surface area contributed by atoms with Gasteiger partial charge in [-0.1, -0.05) is 0 Å². The van der Waals surface area contributed by atoms with Gasteiger partial charge in [-0.05, 0) is 31.5 Å². The van der Waals surface area contributed by atoms with E-state index in [0.717, 1.165) is 22.3 Å². The number of rotatable bonds is 3. The third kappa shape index (κ3) is 1.74. The number of nitrogens with two attached hydrogens (primary N) is 1. The van der Waals surface area contributed by atoms with Gasteiger partial charge in [0.25, 0.3) is 0 Å². The molecule has 2 aromatic rings. The number of nitrogens with zero attached hydrogens (tertiary/aromatic N) is 1. The SMILES string of the molecule is Cc1c(C)n(C)c2c(OCCO)ccc(N)c12. The highest BCUT2D eigenvalue weighted by Crippen LogP contribution is 2.35. The summed E-state index contributed by atoms with van der Waals surface area (Å²) in [6.45, 7) is 4.42. The Kier molecular flexibility index (Phi) is 2.98. The summed E-state index contributed by atoms with van der Waals surface area (Å²) in [5.74, 6) is 0.766. The number of hydrogen-bond donors (Lipinski definition) is 2. The van der Waals surface area contributed by atoms with Crippen molar-refractivity contribution in [2.75, 3.05) is 18.9 Å². The fourth-order valence-electron chi connectivity index (χ4n) is 2.19. The highest BCUT2D eigenvalue weighted by Gasteiger charge is 2.15. The van der Waals surface area contributed by atoms with Crippen molar-refractivity contribution in [3.8, 4) is 5.75 Å². The van der Waals surface area contributed by atoms with E-state index in [1.54, 1.807) is 0 Å². The molecular weight excluding hydrogens is 216 g/mol. The van der Waals surface area contributed by atoms with E-state index < -0.39 is 0 Å². The summed E-state index contributed by atoms with van der Waals surface area (Å²) >= 11 is 0. The lowest BCUT2D eigenvalue weighted by atomic mass is 10.1. The third-order valence-corrected chi connectivity index (χ3v) is 3.28. The molecule has 0 fully saturated rings. The van der Waals surface area contributed by atoms with Gasteiger partial charge >= 0.3 is 0 Å². The van der Waals surface area contributed by atoms with Gasteiger partial charge < -0.3 is 20.1 Å². The highest BCUT2D eigenvalue weighted by molar-refractivity contribution is 5.99. The first kappa shape index (κ1) is 11.8. The zero-order valence-corrected chi connectivity index (χ0v) is 10.4. The molecule has 1 aromatic carbocycles. The monoisotopic (exact) mass is 234 g/mol. The van der Waals surface area contributed by atoms with Crippen LogP contribution in [0.2, 0.25) is 0 Å². The van der Waals surface area contributed by atoms with E-state index in [9.17, 15) is 0 Å². The lowest BCUT2D eigenvalue weighted by Gasteiger charge is -2.09. The molecule has 0 atom stereocenters. The Hall–Kier alpha value is -1.68. The maximum atomic E-state index is 8.83. The van der Waals surface area contributed by atoms with Gasteiger partial charge in [0.2, 0.25) is 0 Å². The van der Waals surface area contributed by atoms with Crippen molar-refractivity contribution in [2.24, 2.45) is 7.05 Å². The van der Waals surface area contributed by atoms with Gasteiger partial charge in [0, 0.05) is 23.8 Å². The molecule has 0 radical (unpaired) electrons. The maximum Gasteiger partial charge on any atom is 0.143 e. The van der Waals surface area contributed by atoms with Crippen LogP contribution in [0.5, 0.6) is 5.75 Å². The maximum absolute atomic E-state index is 8.83. The van der Waals surface area contributed by atoms with E-state index in [-0.39, 0.29) is 6.61 Å². The number of benzene rings is 1. The lowest BCUT2D eigenvalue weighted by Crippen LogP contribution is -2.03. The van der Waals surface area contributed by atoms with Crippen LogP contribution in [0.25, 0.3) is 10.9 Å². The fraction of sp³-hybridized carbons (Fsp3) is 0.385. The van der Waals surface area contributed by atoms with Crippen molar-refractivity contribution < 1.29 is 9.84 Å². The van der Waals surface area contributed by atoms with Crippen molar-refractivity contribution in [3.05, 3.63) is 23.4 Å². The second-order valence-corrected chi connectivity index (χ2v) is 4.22. The standard InChI is InChI=1S/C13H18N2O2/c1-8-9(2)15(3)13-11(17-7-6-16)5-4-10(14)12(8)13/h4-5,16H,6-7,14H2,1-3H3. The molecule has 1 heterocycles. The minimum Gasteiger partial charge on any atom is -0.489 e. The Morgan fingerprint density at radius 2 is 2.06 bits per heavy atom. The quantitative estimate of drug-likeness (QED) is 0.795. The van der Waals surface area contributed by atoms with Gasteiger partial charge in [-0.3, -0.25) is 0 Å². The summed E-state index contributed by atoms with van der Waals surface area (Å²) in [5.41, 5.74) is 10.1. The molecule has 0 saturated carbocycles. The second kappa shape index (κ2) is 4.30. The van der Waals surface area contributed by atoms with E-state index in [1.807, 2.05) is 19.2 Å². The number of nitrogen functional groups attached to an aromatic ring is 1. The topological polar surface area (TPSA) is 60.4 Å². The van der Waals surface area contributed by atoms with Crippen molar-refractivity contribution in [1.82, 2.24) is 4.57 Å². The summed E-state index contributed by atoms with van der Waals surface area (Å²) in [6, 6.07) is 3.70. The Morgan fingerprint density at radius 3 is 2.71 bits per heavy atom. The van der Waals surface area contributed by atoms with Gasteiger partial charge in [0.05, 0.1) is 12.1 Å². The van der Waals surface area contributed by atoms with Gasteiger partial charge in [-0.15, -0.1) is 0 Å². The Labute approximate surface area is 101 Å². The van der Waals surface area contributed by atoms with Gasteiger partial charge in [0.15, 0.2) is 0 Å². The van der Waals surface area contributed by atoms with Crippen LogP contribution in [-0.2, 0) is 7.05 Å². The molecule has 4 heteroatoms. The van der Waals surface area contributed by atoms with E-state index in [4.69, 9.17) is 15.6 Å². The molecule has 0 aliphatic carbocycles. The Morgan fingerprint density at radius 1 is 1.35 bits per heavy atom. The number of aryl methyl sites for hydroxylation is 2. The van der Waals surface area contributed by atoms with Crippen molar-refractivity contribution in [2.45, 2.75) is 13.8 Å². The average molecular weight is 234 g/mol. The third-order valence-electron chi connectivity index (χ3n) is 3.28. The minimum atomic E-state index is 0.00819. The van der Waals surface area contributed by atoms with Gasteiger partial charge in [0.1, 0.15) is 12.4 Å². The van der Waals surface area contributed by atoms with Crippen LogP contribution in [0.4, 0.5) is 5.69 Å². The van der Waals surface area contributed by atoms with Crippen LogP contribution in [-0.4, -0.2) is 22.9 Å². The molecule has 0 spiro atoms. The number of aliphatic hydroxyl groups is 1. The Balaban J connectivity index is 2.71. The molecule has 0 aliphatic rings. The summed E-state index contributed by atoms with van der Waals surface area (Å²) < 4.78 is 7.62. The van der Waals surface area contributed by atoms with Crippen LogP contribution >= 0.6 is 0 Å². The van der Waals surface area contributed by atoms with Crippen molar-refractivity contribution >= 4 is 16.6 Å². The summed E-state index contributed by atoms with van der Waals surface area (Å²) in [6.07, 6.45) is 0. The number of ether oxygens (including phenoxy) is 1. The minimum absolute atomic E-state index is 0.00819. The summed E-state index contributed by atoms with van der Waals surface area (Å²) in [7, 11) is 2.00. The van der Waals surface area contributed by atoms with Crippen molar-refractivity contribution in [3.63, 3.8) is 0 Å². The van der Waals surface area contributed by atoms with Gasteiger partial charge in [-0.25, -0.2) is 0 Å². The molecule has 4 nitrogen and oxygen atoms in total. The number of hydrogen-bond acceptors (Lipinski definition) is 3. The molecular formula is C13H18N2O2. The predicted octanol–water partition coefficient (Wildman–Crippen LogP) is 1.75. The Bertz CT molecular complexity index is 558. The predicted molar refractivity (Wildman–Crippen MR) is 69.4 cm³/mol. The van der Waals surface area contributed by atoms with E-state index in [0.29, 0.717) is 6.61 Å². The van der Waals surface area contributed by atoms with E-state index in [2.05, 4.69) is 18.4 Å². The smallest absolute Gasteiger partial charge is 0.143 e. The number of aromatic nitrogens is 1. The second-order valence-electron chi connectivity index (χ2n) is 4.22. The van der Waals surface area contributed by atoms with E-state index >= 15 is 0 Å². The van der Waals surface area contributed by atoms with Crippen LogP contribution < -0.4 is 10.5 Å². The molecule has 2 rings (SSSR count). The molecule has 0 bridgehead atoms. The molecule has 0 amide bonds. The zero-order valence-electron chi connectivity index (χ0n) is 10.4. The first-order valence-corrected chi connectivity index (χ1v) is 5.65. The zero-order chi connectivity index (χ0) is 12.6. The largest absolute Gasteiger partial charge is 0.489 e. The molecule has 92 valence electrons. The van der Waals surface area contributed by atoms with E-state index in [1.165, 1.54) is 11.3 Å². The average Bonchev–Trinajstić information content (AvgIpc) is 2.55. The van der Waals surface area contributed by atoms with Gasteiger partial charge in [-0.2, -0.15) is 0 Å². The summed E-state index contributed by atoms with van der Waals surface area (Å²) in [4.78, 5) is 0. The van der Waals surface area contributed by atoms with Crippen molar-refractivity contribution in [1.29, 1.82) is 0 Å². The molecule has 1 aromatic heterocycles. The number of aliphatic hydroxyl groups excluding tert-OH is 1. The summed E-state index contributed by atoms with van der Waals surface area (Å²) in [5, 5.41) is 9.87. The first-order valence-electron chi connectivity index (χ1n) is 5.65. The number of fused-ring (bicyclic) bond motifs is 1. The first-order chi connectivity index (χ1) is 8.07. The van der Waals surface area contributed by atoms with Crippen LogP contribution in [0.15, 0.2) is 12.1 Å². The normalized spacial score (nSPS) is 11.1. The lowest BCUT2D eigenvalue weighted by molar-refractivity contribution is 0.202. The van der Waals surface area contributed by atoms with Crippen LogP contribution in [0, 0.1) is 13.8 Å². The van der Waals surface area contributed by atoms with Crippen LogP contribution in [0.1, 0.15) is 11.3 Å². The molecule has 3 N–H and O–H groups in total. The molecule has 0 unspecified atom stereocenters. The highest BCUT2D eigenvalue weighted by atomic mass is 16.5. The van der Waals surface area contributed by atoms with Crippen LogP contribution in [0.3, 0.4) is 0 Å². The fourth-order valence-corrected chi connectivity index (χ4v) is 2.19.